The summed E-state index contributed by atoms with van der Waals surface area (Å²) >= 11 is 0. The molecule has 0 heterocycles. The van der Waals surface area contributed by atoms with Gasteiger partial charge in [-0.25, -0.2) is 16.8 Å². The lowest BCUT2D eigenvalue weighted by atomic mass is 10.3. The van der Waals surface area contributed by atoms with Gasteiger partial charge in [-0.2, -0.15) is 0 Å². The van der Waals surface area contributed by atoms with E-state index >= 15 is 0 Å². The molecule has 0 aliphatic rings. The first-order valence-electron chi connectivity index (χ1n) is 6.72. The van der Waals surface area contributed by atoms with Crippen LogP contribution in [0.5, 0.6) is 11.5 Å². The van der Waals surface area contributed by atoms with Crippen LogP contribution in [0.4, 0.5) is 5.69 Å². The van der Waals surface area contributed by atoms with Crippen molar-refractivity contribution in [2.24, 2.45) is 0 Å². The average Bonchev–Trinajstić information content (AvgIpc) is 2.53. The number of sulfonamides is 1. The summed E-state index contributed by atoms with van der Waals surface area (Å²) < 4.78 is 60.3. The van der Waals surface area contributed by atoms with Crippen molar-refractivity contribution in [3.63, 3.8) is 0 Å². The Morgan fingerprint density at radius 3 is 1.67 bits per heavy atom. The third kappa shape index (κ3) is 4.18. The fourth-order valence-electron chi connectivity index (χ4n) is 1.95. The summed E-state index contributed by atoms with van der Waals surface area (Å²) in [6.07, 6.45) is 1.05. The second-order valence-corrected chi connectivity index (χ2v) is 8.65. The number of hydrogen-bond acceptors (Lipinski definition) is 6. The van der Waals surface area contributed by atoms with Crippen LogP contribution in [0.2, 0.25) is 0 Å². The Bertz CT molecular complexity index is 912. The Balaban J connectivity index is 2.35. The van der Waals surface area contributed by atoms with Gasteiger partial charge in [0.1, 0.15) is 11.5 Å². The second kappa shape index (κ2) is 6.70. The number of nitrogens with one attached hydrogen (secondary N) is 1. The van der Waals surface area contributed by atoms with E-state index < -0.39 is 19.9 Å². The van der Waals surface area contributed by atoms with E-state index in [1.807, 2.05) is 0 Å². The van der Waals surface area contributed by atoms with E-state index in [-0.39, 0.29) is 15.5 Å². The Morgan fingerprint density at radius 1 is 0.792 bits per heavy atom. The molecule has 0 bridgehead atoms. The SMILES string of the molecule is COc1cc(NS(=O)(=O)c2ccc(S(C)(=O)=O)cc2)cc(OC)c1. The number of hydrogen-bond donors (Lipinski definition) is 1. The minimum Gasteiger partial charge on any atom is -0.497 e. The Labute approximate surface area is 141 Å². The lowest BCUT2D eigenvalue weighted by molar-refractivity contribution is 0.395. The van der Waals surface area contributed by atoms with Gasteiger partial charge in [0.25, 0.3) is 10.0 Å². The van der Waals surface area contributed by atoms with Crippen molar-refractivity contribution in [1.29, 1.82) is 0 Å². The van der Waals surface area contributed by atoms with Crippen molar-refractivity contribution >= 4 is 25.5 Å². The van der Waals surface area contributed by atoms with Crippen molar-refractivity contribution in [1.82, 2.24) is 0 Å². The molecule has 0 saturated carbocycles. The van der Waals surface area contributed by atoms with E-state index in [0.717, 1.165) is 6.26 Å². The summed E-state index contributed by atoms with van der Waals surface area (Å²) in [7, 11) is -4.36. The molecule has 24 heavy (non-hydrogen) atoms. The number of anilines is 1. The second-order valence-electron chi connectivity index (χ2n) is 4.95. The third-order valence-electron chi connectivity index (χ3n) is 3.17. The zero-order valence-electron chi connectivity index (χ0n) is 13.3. The molecule has 1 N–H and O–H groups in total. The lowest BCUT2D eigenvalue weighted by Crippen LogP contribution is -2.13. The lowest BCUT2D eigenvalue weighted by Gasteiger charge is -2.11. The van der Waals surface area contributed by atoms with Gasteiger partial charge in [-0.05, 0) is 24.3 Å². The molecule has 7 nitrogen and oxygen atoms in total. The summed E-state index contributed by atoms with van der Waals surface area (Å²) in [5, 5.41) is 0. The maximum absolute atomic E-state index is 12.4. The van der Waals surface area contributed by atoms with Crippen LogP contribution in [-0.2, 0) is 19.9 Å². The highest BCUT2D eigenvalue weighted by Gasteiger charge is 2.16. The number of methoxy groups -OCH3 is 2. The standard InChI is InChI=1S/C15H17NO6S2/c1-21-12-8-11(9-13(10-12)22-2)16-24(19,20)15-6-4-14(5-7-15)23(3,17)18/h4-10,16H,1-3H3. The van der Waals surface area contributed by atoms with Gasteiger partial charge in [-0.3, -0.25) is 4.72 Å². The summed E-state index contributed by atoms with van der Waals surface area (Å²) in [6, 6.07) is 9.58. The first kappa shape index (κ1) is 18.1. The highest BCUT2D eigenvalue weighted by Crippen LogP contribution is 2.27. The molecule has 0 aromatic heterocycles. The molecule has 0 aliphatic carbocycles. The summed E-state index contributed by atoms with van der Waals surface area (Å²) in [5.41, 5.74) is 0.262. The molecule has 2 aromatic rings. The largest absolute Gasteiger partial charge is 0.497 e. The van der Waals surface area contributed by atoms with Gasteiger partial charge in [0.15, 0.2) is 9.84 Å². The van der Waals surface area contributed by atoms with Gasteiger partial charge in [-0.1, -0.05) is 0 Å². The maximum Gasteiger partial charge on any atom is 0.261 e. The molecule has 0 atom stereocenters. The molecule has 0 saturated heterocycles. The van der Waals surface area contributed by atoms with Crippen molar-refractivity contribution < 1.29 is 26.3 Å². The molecule has 0 amide bonds. The van der Waals surface area contributed by atoms with E-state index in [0.29, 0.717) is 11.5 Å². The van der Waals surface area contributed by atoms with Crippen LogP contribution in [0.1, 0.15) is 0 Å². The van der Waals surface area contributed by atoms with Gasteiger partial charge in [0.05, 0.1) is 29.7 Å². The zero-order chi connectivity index (χ0) is 18.0. The topological polar surface area (TPSA) is 98.8 Å². The third-order valence-corrected chi connectivity index (χ3v) is 5.69. The van der Waals surface area contributed by atoms with Crippen LogP contribution in [0.25, 0.3) is 0 Å². The van der Waals surface area contributed by atoms with E-state index in [1.54, 1.807) is 6.07 Å². The molecule has 9 heteroatoms. The van der Waals surface area contributed by atoms with Crippen LogP contribution in [0, 0.1) is 0 Å². The predicted molar refractivity (Wildman–Crippen MR) is 89.9 cm³/mol. The predicted octanol–water partition coefficient (Wildman–Crippen LogP) is 1.91. The van der Waals surface area contributed by atoms with Gasteiger partial charge in [-0.15, -0.1) is 0 Å². The van der Waals surface area contributed by atoms with Gasteiger partial charge < -0.3 is 9.47 Å². The van der Waals surface area contributed by atoms with Gasteiger partial charge >= 0.3 is 0 Å². The minimum atomic E-state index is -3.88. The van der Waals surface area contributed by atoms with Crippen LogP contribution in [0.15, 0.2) is 52.3 Å². The van der Waals surface area contributed by atoms with Crippen molar-refractivity contribution in [2.75, 3.05) is 25.2 Å². The zero-order valence-corrected chi connectivity index (χ0v) is 14.9. The van der Waals surface area contributed by atoms with Crippen LogP contribution in [0.3, 0.4) is 0 Å². The van der Waals surface area contributed by atoms with Crippen molar-refractivity contribution in [3.05, 3.63) is 42.5 Å². The molecule has 2 aromatic carbocycles. The van der Waals surface area contributed by atoms with Crippen LogP contribution < -0.4 is 14.2 Å². The molecule has 0 radical (unpaired) electrons. The van der Waals surface area contributed by atoms with E-state index in [1.165, 1.54) is 50.6 Å². The van der Waals surface area contributed by atoms with Gasteiger partial charge in [0.2, 0.25) is 0 Å². The van der Waals surface area contributed by atoms with Crippen LogP contribution in [-0.4, -0.2) is 37.3 Å². The van der Waals surface area contributed by atoms with Crippen LogP contribution >= 0.6 is 0 Å². The van der Waals surface area contributed by atoms with E-state index in [2.05, 4.69) is 4.72 Å². The molecule has 130 valence electrons. The molecular weight excluding hydrogens is 354 g/mol. The smallest absolute Gasteiger partial charge is 0.261 e. The average molecular weight is 371 g/mol. The van der Waals surface area contributed by atoms with E-state index in [9.17, 15) is 16.8 Å². The normalized spacial score (nSPS) is 11.8. The highest BCUT2D eigenvalue weighted by molar-refractivity contribution is 7.92. The van der Waals surface area contributed by atoms with Crippen molar-refractivity contribution in [3.8, 4) is 11.5 Å². The van der Waals surface area contributed by atoms with E-state index in [4.69, 9.17) is 9.47 Å². The monoisotopic (exact) mass is 371 g/mol. The first-order valence-corrected chi connectivity index (χ1v) is 10.1. The number of rotatable bonds is 6. The van der Waals surface area contributed by atoms with Crippen molar-refractivity contribution in [2.45, 2.75) is 9.79 Å². The Morgan fingerprint density at radius 2 is 1.25 bits per heavy atom. The number of benzene rings is 2. The maximum atomic E-state index is 12.4. The molecule has 0 aliphatic heterocycles. The van der Waals surface area contributed by atoms with Gasteiger partial charge in [0, 0.05) is 24.5 Å². The fourth-order valence-corrected chi connectivity index (χ4v) is 3.62. The summed E-state index contributed by atoms with van der Waals surface area (Å²) in [4.78, 5) is -0.0128. The number of ether oxygens (including phenoxy) is 2. The Hall–Kier alpha value is -2.26. The first-order chi connectivity index (χ1) is 11.2. The summed E-state index contributed by atoms with van der Waals surface area (Å²) in [6.45, 7) is 0. The molecule has 0 fully saturated rings. The highest BCUT2D eigenvalue weighted by atomic mass is 32.2. The summed E-state index contributed by atoms with van der Waals surface area (Å²) in [5.74, 6) is 0.860. The molecule has 2 rings (SSSR count). The minimum absolute atomic E-state index is 0.0458. The fraction of sp³-hybridized carbons (Fsp3) is 0.200. The molecule has 0 unspecified atom stereocenters. The quantitative estimate of drug-likeness (QED) is 0.833. The molecular formula is C15H17NO6S2. The molecule has 0 spiro atoms. The Kier molecular flexibility index (Phi) is 5.05. The number of sulfone groups is 1.